The fraction of sp³-hybridized carbons (Fsp3) is 0.944. The summed E-state index contributed by atoms with van der Waals surface area (Å²) in [5.74, 6) is 0.761. The number of hydrogen-bond donors (Lipinski definition) is 0. The molecule has 0 aliphatic rings. The first-order chi connectivity index (χ1) is 29.2. The summed E-state index contributed by atoms with van der Waals surface area (Å²) in [6, 6.07) is 0. The van der Waals surface area contributed by atoms with E-state index in [1.54, 1.807) is 0 Å². The minimum atomic E-state index is -0.762. The fourth-order valence-electron chi connectivity index (χ4n) is 8.17. The maximum absolute atomic E-state index is 12.8. The van der Waals surface area contributed by atoms with Gasteiger partial charge < -0.3 is 14.2 Å². The molecule has 0 amide bonds. The number of unbranched alkanes of at least 4 members (excludes halogenated alkanes) is 33. The lowest BCUT2D eigenvalue weighted by molar-refractivity contribution is -0.167. The summed E-state index contributed by atoms with van der Waals surface area (Å²) in [6.45, 7) is 11.3. The van der Waals surface area contributed by atoms with Crippen LogP contribution >= 0.6 is 0 Å². The van der Waals surface area contributed by atoms with E-state index in [0.717, 1.165) is 69.6 Å². The van der Waals surface area contributed by atoms with Crippen molar-refractivity contribution in [3.8, 4) is 0 Å². The molecule has 356 valence electrons. The maximum Gasteiger partial charge on any atom is 0.306 e. The van der Waals surface area contributed by atoms with Crippen molar-refractivity contribution in [1.29, 1.82) is 0 Å². The molecule has 0 aromatic carbocycles. The van der Waals surface area contributed by atoms with Crippen LogP contribution in [-0.4, -0.2) is 37.2 Å². The normalized spacial score (nSPS) is 12.1. The quantitative estimate of drug-likeness (QED) is 0.0345. The SMILES string of the molecule is CCCCCCCCCCCCCCCCCC(=O)OC[C@H](COC(=O)CCCCCCCCC(C)C)OC(=O)CCCCCCCCCCCCCCCCCC(C)C. The highest BCUT2D eigenvalue weighted by atomic mass is 16.6. The zero-order valence-corrected chi connectivity index (χ0v) is 41.1. The number of esters is 3. The molecule has 0 fully saturated rings. The first kappa shape index (κ1) is 58.4. The maximum atomic E-state index is 12.8. The number of rotatable bonds is 48. The summed E-state index contributed by atoms with van der Waals surface area (Å²) in [6.07, 6.45) is 48.2. The Morgan fingerprint density at radius 1 is 0.317 bits per heavy atom. The summed E-state index contributed by atoms with van der Waals surface area (Å²) < 4.78 is 16.8. The molecule has 0 aliphatic heterocycles. The summed E-state index contributed by atoms with van der Waals surface area (Å²) in [5.41, 5.74) is 0. The molecule has 6 heteroatoms. The third kappa shape index (κ3) is 47.5. The number of ether oxygens (including phenoxy) is 3. The second kappa shape index (κ2) is 46.9. The monoisotopic (exact) mass is 849 g/mol. The zero-order valence-electron chi connectivity index (χ0n) is 41.1. The summed E-state index contributed by atoms with van der Waals surface area (Å²) in [5, 5.41) is 0. The number of carbonyl (C=O) groups excluding carboxylic acids is 3. The molecular weight excluding hydrogens is 745 g/mol. The lowest BCUT2D eigenvalue weighted by atomic mass is 10.0. The fourth-order valence-corrected chi connectivity index (χ4v) is 8.17. The van der Waals surface area contributed by atoms with Gasteiger partial charge in [-0.05, 0) is 31.1 Å². The highest BCUT2D eigenvalue weighted by Gasteiger charge is 2.19. The van der Waals surface area contributed by atoms with Gasteiger partial charge >= 0.3 is 17.9 Å². The lowest BCUT2D eigenvalue weighted by Crippen LogP contribution is -2.30. The van der Waals surface area contributed by atoms with Crippen LogP contribution in [0.3, 0.4) is 0 Å². The van der Waals surface area contributed by atoms with Crippen LogP contribution in [0, 0.1) is 11.8 Å². The van der Waals surface area contributed by atoms with Gasteiger partial charge in [-0.2, -0.15) is 0 Å². The molecule has 0 rings (SSSR count). The van der Waals surface area contributed by atoms with Gasteiger partial charge in [-0.15, -0.1) is 0 Å². The second-order valence-electron chi connectivity index (χ2n) is 19.5. The molecule has 0 aromatic rings. The zero-order chi connectivity index (χ0) is 44.0. The highest BCUT2D eigenvalue weighted by molar-refractivity contribution is 5.71. The molecule has 0 heterocycles. The molecule has 0 N–H and O–H groups in total. The Hall–Kier alpha value is -1.59. The van der Waals surface area contributed by atoms with E-state index in [-0.39, 0.29) is 31.1 Å². The first-order valence-corrected chi connectivity index (χ1v) is 26.7. The van der Waals surface area contributed by atoms with Crippen LogP contribution in [0.15, 0.2) is 0 Å². The van der Waals surface area contributed by atoms with Crippen LogP contribution < -0.4 is 0 Å². The minimum Gasteiger partial charge on any atom is -0.462 e. The van der Waals surface area contributed by atoms with E-state index in [2.05, 4.69) is 34.6 Å². The van der Waals surface area contributed by atoms with Crippen LogP contribution in [0.1, 0.15) is 298 Å². The van der Waals surface area contributed by atoms with Crippen LogP contribution in [-0.2, 0) is 28.6 Å². The van der Waals surface area contributed by atoms with Crippen molar-refractivity contribution in [2.24, 2.45) is 11.8 Å². The van der Waals surface area contributed by atoms with E-state index in [4.69, 9.17) is 14.2 Å². The van der Waals surface area contributed by atoms with Gasteiger partial charge in [0.25, 0.3) is 0 Å². The summed E-state index contributed by atoms with van der Waals surface area (Å²) >= 11 is 0. The molecule has 0 aromatic heterocycles. The third-order valence-electron chi connectivity index (χ3n) is 12.2. The van der Waals surface area contributed by atoms with Gasteiger partial charge in [0.15, 0.2) is 6.10 Å². The Bertz CT molecular complexity index is 916. The van der Waals surface area contributed by atoms with E-state index in [1.165, 1.54) is 186 Å². The van der Waals surface area contributed by atoms with Gasteiger partial charge in [0.05, 0.1) is 0 Å². The predicted molar refractivity (Wildman–Crippen MR) is 256 cm³/mol. The van der Waals surface area contributed by atoms with Crippen molar-refractivity contribution in [3.05, 3.63) is 0 Å². The second-order valence-corrected chi connectivity index (χ2v) is 19.5. The standard InChI is InChI=1S/C54H104O6/c1-6-7-8-9-10-11-12-13-15-19-22-25-28-34-39-44-52(55)58-47-51(48-59-53(56)45-40-35-31-30-33-38-43-50(4)5)60-54(57)46-41-36-29-26-23-20-17-14-16-18-21-24-27-32-37-42-49(2)3/h49-51H,6-48H2,1-5H3/t51-/m1/s1. The molecule has 0 radical (unpaired) electrons. The van der Waals surface area contributed by atoms with E-state index >= 15 is 0 Å². The van der Waals surface area contributed by atoms with Gasteiger partial charge in [0, 0.05) is 19.3 Å². The van der Waals surface area contributed by atoms with E-state index in [1.807, 2.05) is 0 Å². The molecule has 0 saturated carbocycles. The average Bonchev–Trinajstić information content (AvgIpc) is 3.22. The predicted octanol–water partition coefficient (Wildman–Crippen LogP) is 17.3. The highest BCUT2D eigenvalue weighted by Crippen LogP contribution is 2.18. The van der Waals surface area contributed by atoms with Gasteiger partial charge in [-0.25, -0.2) is 0 Å². The Morgan fingerprint density at radius 2 is 0.550 bits per heavy atom. The van der Waals surface area contributed by atoms with Crippen molar-refractivity contribution >= 4 is 17.9 Å². The molecule has 0 saturated heterocycles. The van der Waals surface area contributed by atoms with Gasteiger partial charge in [0.1, 0.15) is 13.2 Å². The van der Waals surface area contributed by atoms with E-state index < -0.39 is 6.10 Å². The summed E-state index contributed by atoms with van der Waals surface area (Å²) in [7, 11) is 0. The van der Waals surface area contributed by atoms with Crippen LogP contribution in [0.5, 0.6) is 0 Å². The van der Waals surface area contributed by atoms with Gasteiger partial charge in [0.2, 0.25) is 0 Å². The van der Waals surface area contributed by atoms with Gasteiger partial charge in [-0.1, -0.05) is 259 Å². The Labute approximate surface area is 374 Å². The first-order valence-electron chi connectivity index (χ1n) is 26.7. The lowest BCUT2D eigenvalue weighted by Gasteiger charge is -2.18. The molecule has 60 heavy (non-hydrogen) atoms. The minimum absolute atomic E-state index is 0.0641. The summed E-state index contributed by atoms with van der Waals surface area (Å²) in [4.78, 5) is 37.9. The van der Waals surface area contributed by atoms with Crippen molar-refractivity contribution in [1.82, 2.24) is 0 Å². The molecule has 0 spiro atoms. The van der Waals surface area contributed by atoms with Crippen LogP contribution in [0.25, 0.3) is 0 Å². The average molecular weight is 849 g/mol. The number of hydrogen-bond acceptors (Lipinski definition) is 6. The molecule has 0 unspecified atom stereocenters. The molecular formula is C54H104O6. The number of carbonyl (C=O) groups is 3. The van der Waals surface area contributed by atoms with Crippen LogP contribution in [0.2, 0.25) is 0 Å². The topological polar surface area (TPSA) is 78.9 Å². The Kier molecular flexibility index (Phi) is 45.7. The van der Waals surface area contributed by atoms with E-state index in [0.29, 0.717) is 19.3 Å². The van der Waals surface area contributed by atoms with Crippen LogP contribution in [0.4, 0.5) is 0 Å². The van der Waals surface area contributed by atoms with Gasteiger partial charge in [-0.3, -0.25) is 14.4 Å². The van der Waals surface area contributed by atoms with Crippen molar-refractivity contribution < 1.29 is 28.6 Å². The molecule has 6 nitrogen and oxygen atoms in total. The van der Waals surface area contributed by atoms with Crippen molar-refractivity contribution in [2.45, 2.75) is 304 Å². The molecule has 0 aliphatic carbocycles. The largest absolute Gasteiger partial charge is 0.462 e. The third-order valence-corrected chi connectivity index (χ3v) is 12.2. The Balaban J connectivity index is 4.25. The smallest absolute Gasteiger partial charge is 0.306 e. The molecule has 0 bridgehead atoms. The molecule has 1 atom stereocenters. The Morgan fingerprint density at radius 3 is 0.817 bits per heavy atom. The van der Waals surface area contributed by atoms with Crippen molar-refractivity contribution in [3.63, 3.8) is 0 Å². The van der Waals surface area contributed by atoms with E-state index in [9.17, 15) is 14.4 Å². The van der Waals surface area contributed by atoms with Crippen molar-refractivity contribution in [2.75, 3.05) is 13.2 Å².